The Morgan fingerprint density at radius 1 is 1.48 bits per heavy atom. The number of aryl methyl sites for hydroxylation is 1. The van der Waals surface area contributed by atoms with Gasteiger partial charge in [0.2, 0.25) is 5.91 Å². The molecule has 3 rings (SSSR count). The Hall–Kier alpha value is -1.35. The van der Waals surface area contributed by atoms with Gasteiger partial charge in [-0.1, -0.05) is 31.2 Å². The largest absolute Gasteiger partial charge is 0.396 e. The van der Waals surface area contributed by atoms with Crippen LogP contribution in [0.3, 0.4) is 0 Å². The lowest BCUT2D eigenvalue weighted by Gasteiger charge is -2.27. The molecule has 1 spiro atoms. The van der Waals surface area contributed by atoms with E-state index in [4.69, 9.17) is 5.11 Å². The molecule has 3 nitrogen and oxygen atoms in total. The van der Waals surface area contributed by atoms with Crippen molar-refractivity contribution in [1.82, 2.24) is 5.32 Å². The summed E-state index contributed by atoms with van der Waals surface area (Å²) < 4.78 is 0. The zero-order valence-electron chi connectivity index (χ0n) is 12.8. The van der Waals surface area contributed by atoms with E-state index in [1.165, 1.54) is 17.5 Å². The molecule has 0 aliphatic heterocycles. The molecule has 0 saturated heterocycles. The van der Waals surface area contributed by atoms with Crippen LogP contribution in [0.15, 0.2) is 24.3 Å². The summed E-state index contributed by atoms with van der Waals surface area (Å²) in [6.45, 7) is 2.19. The molecular formula is C18H25NO2. The van der Waals surface area contributed by atoms with Gasteiger partial charge in [-0.05, 0) is 49.7 Å². The van der Waals surface area contributed by atoms with Gasteiger partial charge in [-0.3, -0.25) is 4.79 Å². The maximum Gasteiger partial charge on any atom is 0.224 e. The van der Waals surface area contributed by atoms with Crippen molar-refractivity contribution in [3.63, 3.8) is 0 Å². The summed E-state index contributed by atoms with van der Waals surface area (Å²) in [5.74, 6) is 0.318. The fourth-order valence-electron chi connectivity index (χ4n) is 4.01. The number of carbonyl (C=O) groups is 1. The van der Waals surface area contributed by atoms with Crippen LogP contribution in [0.1, 0.15) is 50.2 Å². The second-order valence-corrected chi connectivity index (χ2v) is 6.55. The molecule has 1 fully saturated rings. The predicted octanol–water partition coefficient (Wildman–Crippen LogP) is 2.56. The number of carbonyl (C=O) groups excluding carboxylic acids is 1. The number of amides is 1. The third-order valence-electron chi connectivity index (χ3n) is 5.33. The first-order valence-corrected chi connectivity index (χ1v) is 8.21. The molecule has 0 bridgehead atoms. The summed E-state index contributed by atoms with van der Waals surface area (Å²) in [5.41, 5.74) is 2.95. The molecule has 1 aromatic rings. The quantitative estimate of drug-likeness (QED) is 0.874. The highest BCUT2D eigenvalue weighted by molar-refractivity contribution is 5.85. The molecule has 2 aliphatic carbocycles. The summed E-state index contributed by atoms with van der Waals surface area (Å²) in [7, 11) is 0. The smallest absolute Gasteiger partial charge is 0.224 e. The molecule has 0 heterocycles. The molecule has 114 valence electrons. The van der Waals surface area contributed by atoms with Crippen LogP contribution in [0.5, 0.6) is 0 Å². The van der Waals surface area contributed by atoms with Crippen molar-refractivity contribution in [2.24, 2.45) is 5.92 Å². The van der Waals surface area contributed by atoms with Crippen molar-refractivity contribution >= 4 is 5.91 Å². The Kier molecular flexibility index (Phi) is 4.03. The highest BCUT2D eigenvalue weighted by atomic mass is 16.3. The van der Waals surface area contributed by atoms with Gasteiger partial charge in [0.25, 0.3) is 0 Å². The molecule has 3 atom stereocenters. The van der Waals surface area contributed by atoms with Crippen LogP contribution in [0, 0.1) is 5.92 Å². The minimum Gasteiger partial charge on any atom is -0.396 e. The Bertz CT molecular complexity index is 528. The van der Waals surface area contributed by atoms with E-state index in [9.17, 15) is 4.79 Å². The Morgan fingerprint density at radius 2 is 2.29 bits per heavy atom. The molecule has 0 aromatic heterocycles. The third-order valence-corrected chi connectivity index (χ3v) is 5.33. The number of hydrogen-bond donors (Lipinski definition) is 2. The number of aliphatic hydroxyl groups is 1. The summed E-state index contributed by atoms with van der Waals surface area (Å²) >= 11 is 0. The summed E-state index contributed by atoms with van der Waals surface area (Å²) in [5, 5.41) is 12.2. The molecule has 2 N–H and O–H groups in total. The lowest BCUT2D eigenvalue weighted by Crippen LogP contribution is -2.38. The molecule has 1 aromatic carbocycles. The van der Waals surface area contributed by atoms with Crippen molar-refractivity contribution in [2.45, 2.75) is 56.9 Å². The SMILES string of the molecule is CCC(CCO)NC(=O)C1CC12CCCc1ccccc12. The Labute approximate surface area is 126 Å². The van der Waals surface area contributed by atoms with E-state index >= 15 is 0 Å². The fraction of sp³-hybridized carbons (Fsp3) is 0.611. The van der Waals surface area contributed by atoms with Gasteiger partial charge in [-0.15, -0.1) is 0 Å². The van der Waals surface area contributed by atoms with Gasteiger partial charge in [0.05, 0.1) is 0 Å². The molecular weight excluding hydrogens is 262 g/mol. The highest BCUT2D eigenvalue weighted by Crippen LogP contribution is 2.60. The summed E-state index contributed by atoms with van der Waals surface area (Å²) in [6.07, 6.45) is 5.99. The number of nitrogens with one attached hydrogen (secondary N) is 1. The molecule has 0 radical (unpaired) electrons. The van der Waals surface area contributed by atoms with E-state index in [0.29, 0.717) is 6.42 Å². The van der Waals surface area contributed by atoms with Crippen molar-refractivity contribution in [3.05, 3.63) is 35.4 Å². The van der Waals surface area contributed by atoms with Crippen molar-refractivity contribution in [1.29, 1.82) is 0 Å². The normalized spacial score (nSPS) is 28.0. The van der Waals surface area contributed by atoms with Crippen LogP contribution in [0.4, 0.5) is 0 Å². The number of rotatable bonds is 5. The molecule has 21 heavy (non-hydrogen) atoms. The van der Waals surface area contributed by atoms with Gasteiger partial charge in [-0.2, -0.15) is 0 Å². The lowest BCUT2D eigenvalue weighted by molar-refractivity contribution is -0.123. The van der Waals surface area contributed by atoms with E-state index in [0.717, 1.165) is 25.7 Å². The summed E-state index contributed by atoms with van der Waals surface area (Å²) in [4.78, 5) is 12.5. The zero-order chi connectivity index (χ0) is 14.9. The molecule has 2 aliphatic rings. The third kappa shape index (κ3) is 2.59. The van der Waals surface area contributed by atoms with Crippen molar-refractivity contribution in [2.75, 3.05) is 6.61 Å². The average Bonchev–Trinajstić information content (AvgIpc) is 3.22. The van der Waals surface area contributed by atoms with Gasteiger partial charge < -0.3 is 10.4 Å². The van der Waals surface area contributed by atoms with Crippen LogP contribution in [0.25, 0.3) is 0 Å². The molecule has 1 saturated carbocycles. The van der Waals surface area contributed by atoms with Gasteiger partial charge in [0, 0.05) is 24.0 Å². The van der Waals surface area contributed by atoms with Gasteiger partial charge in [0.15, 0.2) is 0 Å². The van der Waals surface area contributed by atoms with Gasteiger partial charge in [0.1, 0.15) is 0 Å². The second-order valence-electron chi connectivity index (χ2n) is 6.55. The van der Waals surface area contributed by atoms with Crippen LogP contribution in [-0.4, -0.2) is 23.7 Å². The first-order chi connectivity index (χ1) is 10.2. The minimum atomic E-state index is 0.108. The van der Waals surface area contributed by atoms with Crippen molar-refractivity contribution < 1.29 is 9.90 Å². The lowest BCUT2D eigenvalue weighted by atomic mass is 9.78. The molecule has 3 unspecified atom stereocenters. The number of hydrogen-bond acceptors (Lipinski definition) is 2. The van der Waals surface area contributed by atoms with Crippen LogP contribution in [0.2, 0.25) is 0 Å². The van der Waals surface area contributed by atoms with E-state index in [-0.39, 0.29) is 29.9 Å². The monoisotopic (exact) mass is 287 g/mol. The first kappa shape index (κ1) is 14.6. The predicted molar refractivity (Wildman–Crippen MR) is 83.1 cm³/mol. The minimum absolute atomic E-state index is 0.108. The zero-order valence-corrected chi connectivity index (χ0v) is 12.8. The van der Waals surface area contributed by atoms with Crippen molar-refractivity contribution in [3.8, 4) is 0 Å². The average molecular weight is 287 g/mol. The topological polar surface area (TPSA) is 49.3 Å². The number of fused-ring (bicyclic) bond motifs is 2. The maximum absolute atomic E-state index is 12.5. The van der Waals surface area contributed by atoms with E-state index < -0.39 is 0 Å². The first-order valence-electron chi connectivity index (χ1n) is 8.21. The van der Waals surface area contributed by atoms with Crippen LogP contribution < -0.4 is 5.32 Å². The Balaban J connectivity index is 1.72. The van der Waals surface area contributed by atoms with Crippen LogP contribution >= 0.6 is 0 Å². The molecule has 1 amide bonds. The maximum atomic E-state index is 12.5. The van der Waals surface area contributed by atoms with E-state index in [2.05, 4.69) is 36.5 Å². The molecule has 3 heteroatoms. The van der Waals surface area contributed by atoms with Gasteiger partial charge >= 0.3 is 0 Å². The second kappa shape index (κ2) is 5.80. The highest BCUT2D eigenvalue weighted by Gasteiger charge is 2.60. The number of aliphatic hydroxyl groups excluding tert-OH is 1. The van der Waals surface area contributed by atoms with Crippen LogP contribution in [-0.2, 0) is 16.6 Å². The van der Waals surface area contributed by atoms with E-state index in [1.54, 1.807) is 0 Å². The van der Waals surface area contributed by atoms with Gasteiger partial charge in [-0.25, -0.2) is 0 Å². The number of benzene rings is 1. The fourth-order valence-corrected chi connectivity index (χ4v) is 4.01. The standard InChI is InChI=1S/C18H25NO2/c1-2-14(9-11-20)19-17(21)16-12-18(16)10-5-7-13-6-3-4-8-15(13)18/h3-4,6,8,14,16,20H,2,5,7,9-12H2,1H3,(H,19,21). The Morgan fingerprint density at radius 3 is 3.05 bits per heavy atom. The summed E-state index contributed by atoms with van der Waals surface area (Å²) in [6, 6.07) is 8.74. The van der Waals surface area contributed by atoms with E-state index in [1.807, 2.05) is 0 Å².